The Morgan fingerprint density at radius 1 is 1.04 bits per heavy atom. The third-order valence-electron chi connectivity index (χ3n) is 4.91. The van der Waals surface area contributed by atoms with E-state index in [-0.39, 0.29) is 17.7 Å². The molecule has 3 aromatic rings. The van der Waals surface area contributed by atoms with Crippen LogP contribution in [-0.2, 0) is 9.53 Å². The number of halogens is 1. The molecular formula is C21H17BrN2O4. The molecule has 1 unspecified atom stereocenters. The van der Waals surface area contributed by atoms with Crippen LogP contribution in [0.4, 0.5) is 0 Å². The molecule has 0 spiro atoms. The first-order chi connectivity index (χ1) is 13.5. The van der Waals surface area contributed by atoms with Crippen molar-refractivity contribution in [3.63, 3.8) is 0 Å². The number of rotatable bonds is 3. The minimum Gasteiger partial charge on any atom is -0.463 e. The number of benzene rings is 2. The Bertz CT molecular complexity index is 1250. The summed E-state index contributed by atoms with van der Waals surface area (Å²) in [6, 6.07) is 13.3. The van der Waals surface area contributed by atoms with E-state index in [0.29, 0.717) is 27.6 Å². The Hall–Kier alpha value is -2.93. The maximum absolute atomic E-state index is 13.3. The summed E-state index contributed by atoms with van der Waals surface area (Å²) in [5.74, 6) is -0.535. The third kappa shape index (κ3) is 2.65. The molecule has 0 saturated heterocycles. The van der Waals surface area contributed by atoms with Crippen LogP contribution in [-0.4, -0.2) is 21.9 Å². The molecule has 0 bridgehead atoms. The quantitative estimate of drug-likeness (QED) is 0.585. The molecule has 2 aromatic carbocycles. The van der Waals surface area contributed by atoms with Gasteiger partial charge in [0.15, 0.2) is 0 Å². The van der Waals surface area contributed by atoms with E-state index in [9.17, 15) is 14.4 Å². The predicted molar refractivity (Wildman–Crippen MR) is 110 cm³/mol. The van der Waals surface area contributed by atoms with Gasteiger partial charge in [-0.15, -0.1) is 0 Å². The Balaban J connectivity index is 2.10. The summed E-state index contributed by atoms with van der Waals surface area (Å²) in [6.07, 6.45) is 0. The molecule has 28 heavy (non-hydrogen) atoms. The van der Waals surface area contributed by atoms with Gasteiger partial charge in [0.05, 0.1) is 28.6 Å². The van der Waals surface area contributed by atoms with Crippen molar-refractivity contribution in [2.45, 2.75) is 19.9 Å². The van der Waals surface area contributed by atoms with Crippen LogP contribution >= 0.6 is 15.9 Å². The number of esters is 1. The Morgan fingerprint density at radius 3 is 2.25 bits per heavy atom. The number of nitrogens with zero attached hydrogens (tertiary/aromatic N) is 2. The maximum atomic E-state index is 13.3. The minimum atomic E-state index is -0.739. The van der Waals surface area contributed by atoms with Crippen LogP contribution in [0, 0.1) is 0 Å². The van der Waals surface area contributed by atoms with Crippen molar-refractivity contribution in [1.82, 2.24) is 9.36 Å². The van der Waals surface area contributed by atoms with Crippen molar-refractivity contribution < 1.29 is 9.53 Å². The second-order valence-corrected chi connectivity index (χ2v) is 7.40. The SMILES string of the molecule is CCOC(=O)C1=C(C)n2c(=O)c3ccccc3c(=O)n2C1c1ccc(Br)cc1. The summed E-state index contributed by atoms with van der Waals surface area (Å²) in [6.45, 7) is 3.58. The average molecular weight is 441 g/mol. The van der Waals surface area contributed by atoms with Crippen LogP contribution in [0.15, 0.2) is 68.2 Å². The van der Waals surface area contributed by atoms with E-state index in [2.05, 4.69) is 15.9 Å². The van der Waals surface area contributed by atoms with Gasteiger partial charge in [0, 0.05) is 4.47 Å². The van der Waals surface area contributed by atoms with E-state index in [1.807, 2.05) is 24.3 Å². The number of fused-ring (bicyclic) bond motifs is 2. The average Bonchev–Trinajstić information content (AvgIpc) is 3.00. The molecule has 7 heteroatoms. The van der Waals surface area contributed by atoms with E-state index in [1.165, 1.54) is 9.36 Å². The molecule has 0 radical (unpaired) electrons. The van der Waals surface area contributed by atoms with Crippen LogP contribution < -0.4 is 11.1 Å². The largest absolute Gasteiger partial charge is 0.463 e. The van der Waals surface area contributed by atoms with E-state index < -0.39 is 12.0 Å². The third-order valence-corrected chi connectivity index (χ3v) is 5.44. The lowest BCUT2D eigenvalue weighted by Crippen LogP contribution is -2.37. The van der Waals surface area contributed by atoms with Crippen LogP contribution in [0.2, 0.25) is 0 Å². The second kappa shape index (κ2) is 6.91. The van der Waals surface area contributed by atoms with Crippen molar-refractivity contribution in [1.29, 1.82) is 0 Å². The van der Waals surface area contributed by atoms with Crippen molar-refractivity contribution >= 4 is 38.4 Å². The first-order valence-corrected chi connectivity index (χ1v) is 9.65. The summed E-state index contributed by atoms with van der Waals surface area (Å²) in [7, 11) is 0. The van der Waals surface area contributed by atoms with Gasteiger partial charge in [-0.25, -0.2) is 14.2 Å². The Kier molecular flexibility index (Phi) is 4.55. The summed E-state index contributed by atoms with van der Waals surface area (Å²) in [5, 5.41) is 0.645. The molecule has 6 nitrogen and oxygen atoms in total. The molecule has 0 fully saturated rings. The zero-order valence-corrected chi connectivity index (χ0v) is 16.9. The number of carbonyl (C=O) groups excluding carboxylic acids is 1. The summed E-state index contributed by atoms with van der Waals surface area (Å²) in [4.78, 5) is 39.2. The van der Waals surface area contributed by atoms with Crippen molar-refractivity contribution in [3.8, 4) is 0 Å². The zero-order chi connectivity index (χ0) is 20.0. The molecular weight excluding hydrogens is 424 g/mol. The molecule has 1 atom stereocenters. The van der Waals surface area contributed by atoms with E-state index in [1.54, 1.807) is 38.1 Å². The lowest BCUT2D eigenvalue weighted by Gasteiger charge is -2.18. The van der Waals surface area contributed by atoms with E-state index in [4.69, 9.17) is 4.74 Å². The number of allylic oxidation sites excluding steroid dienone is 1. The topological polar surface area (TPSA) is 70.3 Å². The smallest absolute Gasteiger partial charge is 0.338 e. The number of carbonyl (C=O) groups is 1. The van der Waals surface area contributed by atoms with Crippen molar-refractivity contribution in [3.05, 3.63) is 84.8 Å². The fourth-order valence-electron chi connectivity index (χ4n) is 3.68. The highest BCUT2D eigenvalue weighted by Crippen LogP contribution is 2.35. The standard InChI is InChI=1S/C21H17BrN2O4/c1-3-28-21(27)17-12(2)23-19(25)15-6-4-5-7-16(15)20(26)24(23)18(17)13-8-10-14(22)11-9-13/h4-11,18H,3H2,1-2H3. The highest BCUT2D eigenvalue weighted by molar-refractivity contribution is 9.10. The lowest BCUT2D eigenvalue weighted by atomic mass is 9.98. The Labute approximate surface area is 168 Å². The van der Waals surface area contributed by atoms with Gasteiger partial charge in [-0.1, -0.05) is 40.2 Å². The predicted octanol–water partition coefficient (Wildman–Crippen LogP) is 3.32. The van der Waals surface area contributed by atoms with Crippen molar-refractivity contribution in [2.24, 2.45) is 0 Å². The molecule has 142 valence electrons. The highest BCUT2D eigenvalue weighted by Gasteiger charge is 2.37. The molecule has 0 aliphatic carbocycles. The molecule has 0 N–H and O–H groups in total. The number of hydrogen-bond donors (Lipinski definition) is 0. The first-order valence-electron chi connectivity index (χ1n) is 8.86. The van der Waals surface area contributed by atoms with Gasteiger partial charge in [0.2, 0.25) is 0 Å². The molecule has 2 heterocycles. The summed E-state index contributed by atoms with van der Waals surface area (Å²) >= 11 is 3.40. The minimum absolute atomic E-state index is 0.199. The molecule has 1 aliphatic heterocycles. The summed E-state index contributed by atoms with van der Waals surface area (Å²) in [5.41, 5.74) is 0.738. The Morgan fingerprint density at radius 2 is 1.64 bits per heavy atom. The normalized spacial score (nSPS) is 15.8. The number of hydrogen-bond acceptors (Lipinski definition) is 4. The van der Waals surface area contributed by atoms with Gasteiger partial charge in [-0.3, -0.25) is 9.59 Å². The fourth-order valence-corrected chi connectivity index (χ4v) is 3.95. The number of ether oxygens (including phenoxy) is 1. The molecule has 0 saturated carbocycles. The van der Waals surface area contributed by atoms with Gasteiger partial charge < -0.3 is 4.74 Å². The summed E-state index contributed by atoms with van der Waals surface area (Å²) < 4.78 is 8.77. The molecule has 4 rings (SSSR count). The van der Waals surface area contributed by atoms with Gasteiger partial charge in [0.1, 0.15) is 6.04 Å². The molecule has 0 amide bonds. The van der Waals surface area contributed by atoms with Gasteiger partial charge >= 0.3 is 5.97 Å². The monoisotopic (exact) mass is 440 g/mol. The van der Waals surface area contributed by atoms with Crippen LogP contribution in [0.1, 0.15) is 25.5 Å². The first kappa shape index (κ1) is 18.4. The van der Waals surface area contributed by atoms with Gasteiger partial charge in [-0.2, -0.15) is 0 Å². The zero-order valence-electron chi connectivity index (χ0n) is 15.3. The fraction of sp³-hybridized carbons (Fsp3) is 0.190. The second-order valence-electron chi connectivity index (χ2n) is 6.49. The maximum Gasteiger partial charge on any atom is 0.338 e. The van der Waals surface area contributed by atoms with Gasteiger partial charge in [0.25, 0.3) is 11.1 Å². The van der Waals surface area contributed by atoms with Crippen LogP contribution in [0.5, 0.6) is 0 Å². The lowest BCUT2D eigenvalue weighted by molar-refractivity contribution is -0.138. The van der Waals surface area contributed by atoms with Crippen LogP contribution in [0.25, 0.3) is 16.5 Å². The molecule has 1 aliphatic rings. The van der Waals surface area contributed by atoms with Crippen LogP contribution in [0.3, 0.4) is 0 Å². The highest BCUT2D eigenvalue weighted by atomic mass is 79.9. The van der Waals surface area contributed by atoms with Crippen molar-refractivity contribution in [2.75, 3.05) is 6.61 Å². The van der Waals surface area contributed by atoms with E-state index in [0.717, 1.165) is 4.47 Å². The van der Waals surface area contributed by atoms with E-state index >= 15 is 0 Å². The number of aromatic nitrogens is 2. The van der Waals surface area contributed by atoms with Gasteiger partial charge in [-0.05, 0) is 43.7 Å². The molecule has 1 aromatic heterocycles.